The second kappa shape index (κ2) is 24.1. The Morgan fingerprint density at radius 1 is 0.543 bits per heavy atom. The van der Waals surface area contributed by atoms with E-state index in [0.717, 1.165) is 83.2 Å². The molecule has 0 saturated carbocycles. The first-order chi connectivity index (χ1) is 22.4. The zero-order valence-electron chi connectivity index (χ0n) is 28.9. The van der Waals surface area contributed by atoms with Crippen LogP contribution in [0.4, 0.5) is 0 Å². The van der Waals surface area contributed by atoms with Crippen LogP contribution in [-0.4, -0.2) is 83.1 Å². The molecule has 2 aromatic carbocycles. The second-order valence-electron chi connectivity index (χ2n) is 12.8. The monoisotopic (exact) mass is 642 g/mol. The highest BCUT2D eigenvalue weighted by molar-refractivity contribution is 5.67. The van der Waals surface area contributed by atoms with Crippen molar-refractivity contribution in [2.45, 2.75) is 95.9 Å². The Hall–Kier alpha value is -2.12. The van der Waals surface area contributed by atoms with Crippen molar-refractivity contribution in [3.05, 3.63) is 53.1 Å². The zero-order chi connectivity index (χ0) is 33.6. The highest BCUT2D eigenvalue weighted by Gasteiger charge is 2.17. The zero-order valence-corrected chi connectivity index (χ0v) is 28.9. The Morgan fingerprint density at radius 3 is 1.41 bits per heavy atom. The van der Waals surface area contributed by atoms with Gasteiger partial charge >= 0.3 is 0 Å². The van der Waals surface area contributed by atoms with E-state index >= 15 is 0 Å². The number of nitrogens with two attached hydrogens (primary N) is 6. The maximum atomic E-state index is 6.30. The molecule has 0 aliphatic heterocycles. The molecule has 0 fully saturated rings. The van der Waals surface area contributed by atoms with Crippen LogP contribution < -0.4 is 55.1 Å². The van der Waals surface area contributed by atoms with Crippen LogP contribution in [0.15, 0.2) is 36.4 Å². The normalized spacial score (nSPS) is 13.7. The van der Waals surface area contributed by atoms with Crippen molar-refractivity contribution in [1.82, 2.24) is 16.0 Å². The summed E-state index contributed by atoms with van der Waals surface area (Å²) in [5.41, 5.74) is 41.6. The smallest absolute Gasteiger partial charge is 0.122 e. The molecule has 0 aromatic heterocycles. The van der Waals surface area contributed by atoms with E-state index < -0.39 is 0 Å². The first-order valence-electron chi connectivity index (χ1n) is 17.7. The fourth-order valence-electron chi connectivity index (χ4n) is 5.94. The van der Waals surface area contributed by atoms with Gasteiger partial charge in [-0.05, 0) is 170 Å². The molecular weight excluding hydrogens is 574 g/mol. The quantitative estimate of drug-likeness (QED) is 0.0647. The molecule has 10 nitrogen and oxygen atoms in total. The van der Waals surface area contributed by atoms with Crippen LogP contribution in [-0.2, 0) is 19.3 Å². The van der Waals surface area contributed by atoms with E-state index in [2.05, 4.69) is 66.2 Å². The van der Waals surface area contributed by atoms with Crippen LogP contribution in [0.3, 0.4) is 0 Å². The van der Waals surface area contributed by atoms with Crippen LogP contribution in [0, 0.1) is 0 Å². The second-order valence-corrected chi connectivity index (χ2v) is 12.8. The molecule has 3 unspecified atom stereocenters. The molecule has 0 heterocycles. The molecule has 2 rings (SSSR count). The van der Waals surface area contributed by atoms with Gasteiger partial charge in [0, 0.05) is 18.1 Å². The molecule has 0 bridgehead atoms. The van der Waals surface area contributed by atoms with Crippen LogP contribution in [0.2, 0.25) is 0 Å². The van der Waals surface area contributed by atoms with Gasteiger partial charge in [0.15, 0.2) is 0 Å². The molecule has 0 radical (unpaired) electrons. The maximum absolute atomic E-state index is 6.30. The van der Waals surface area contributed by atoms with Crippen LogP contribution in [0.5, 0.6) is 5.75 Å². The van der Waals surface area contributed by atoms with Gasteiger partial charge in [0.2, 0.25) is 0 Å². The summed E-state index contributed by atoms with van der Waals surface area (Å²) < 4.78 is 6.30. The highest BCUT2D eigenvalue weighted by atomic mass is 16.5. The largest absolute Gasteiger partial charge is 0.491 e. The molecule has 0 aliphatic carbocycles. The van der Waals surface area contributed by atoms with E-state index in [-0.39, 0.29) is 24.2 Å². The van der Waals surface area contributed by atoms with Crippen molar-refractivity contribution in [2.75, 3.05) is 58.9 Å². The Balaban J connectivity index is 2.53. The molecule has 0 amide bonds. The van der Waals surface area contributed by atoms with Crippen LogP contribution >= 0.6 is 0 Å². The third kappa shape index (κ3) is 15.6. The summed E-state index contributed by atoms with van der Waals surface area (Å²) in [4.78, 5) is 0. The lowest BCUT2D eigenvalue weighted by molar-refractivity contribution is 0.239. The van der Waals surface area contributed by atoms with E-state index in [9.17, 15) is 0 Å². The molecule has 46 heavy (non-hydrogen) atoms. The number of hydrogen-bond acceptors (Lipinski definition) is 10. The van der Waals surface area contributed by atoms with E-state index in [1.807, 2.05) is 0 Å². The SMILES string of the molecule is CC(C)Oc1ccc(-c2cc(CC(CCN)NCCCN)cc(CC(CCN)NCCCN)c2)cc1CC(CCN)NCCCN. The summed E-state index contributed by atoms with van der Waals surface area (Å²) >= 11 is 0. The fourth-order valence-corrected chi connectivity index (χ4v) is 5.94. The summed E-state index contributed by atoms with van der Waals surface area (Å²) in [5, 5.41) is 11.1. The van der Waals surface area contributed by atoms with Crippen molar-refractivity contribution >= 4 is 0 Å². The number of rotatable bonds is 27. The van der Waals surface area contributed by atoms with E-state index in [1.165, 1.54) is 27.8 Å². The van der Waals surface area contributed by atoms with Gasteiger partial charge in [-0.15, -0.1) is 0 Å². The molecule has 10 heteroatoms. The third-order valence-corrected chi connectivity index (χ3v) is 8.23. The summed E-state index contributed by atoms with van der Waals surface area (Å²) in [7, 11) is 0. The Bertz CT molecular complexity index is 1030. The highest BCUT2D eigenvalue weighted by Crippen LogP contribution is 2.31. The molecule has 0 spiro atoms. The number of nitrogens with one attached hydrogen (secondary N) is 3. The fraction of sp³-hybridized carbons (Fsp3) is 0.667. The summed E-state index contributed by atoms with van der Waals surface area (Å²) in [5.74, 6) is 0.928. The lowest BCUT2D eigenvalue weighted by Gasteiger charge is -2.23. The van der Waals surface area contributed by atoms with Crippen LogP contribution in [0.25, 0.3) is 11.1 Å². The van der Waals surface area contributed by atoms with Crippen molar-refractivity contribution < 1.29 is 4.74 Å². The summed E-state index contributed by atoms with van der Waals surface area (Å²) in [6.45, 7) is 10.7. The molecule has 0 aliphatic rings. The van der Waals surface area contributed by atoms with Crippen molar-refractivity contribution in [3.63, 3.8) is 0 Å². The van der Waals surface area contributed by atoms with E-state index in [0.29, 0.717) is 39.3 Å². The average molecular weight is 642 g/mol. The molecule has 2 aromatic rings. The predicted molar refractivity (Wildman–Crippen MR) is 196 cm³/mol. The summed E-state index contributed by atoms with van der Waals surface area (Å²) in [6, 6.07) is 14.5. The summed E-state index contributed by atoms with van der Waals surface area (Å²) in [6.07, 6.45) is 8.23. The Morgan fingerprint density at radius 2 is 1.00 bits per heavy atom. The van der Waals surface area contributed by atoms with Crippen molar-refractivity contribution in [2.24, 2.45) is 34.4 Å². The van der Waals surface area contributed by atoms with Gasteiger partial charge in [-0.25, -0.2) is 0 Å². The topological polar surface area (TPSA) is 201 Å². The van der Waals surface area contributed by atoms with Gasteiger partial charge in [-0.1, -0.05) is 24.3 Å². The average Bonchev–Trinajstić information content (AvgIpc) is 3.02. The van der Waals surface area contributed by atoms with E-state index in [1.54, 1.807) is 0 Å². The van der Waals surface area contributed by atoms with Crippen molar-refractivity contribution in [1.29, 1.82) is 0 Å². The first kappa shape index (κ1) is 40.1. The minimum absolute atomic E-state index is 0.0789. The maximum Gasteiger partial charge on any atom is 0.122 e. The van der Waals surface area contributed by atoms with Gasteiger partial charge in [0.25, 0.3) is 0 Å². The van der Waals surface area contributed by atoms with Gasteiger partial charge in [0.05, 0.1) is 6.10 Å². The standard InChI is InChI=1S/C36H67N9O/c1-27(2)46-36-7-6-30(25-32(36)26-35(10-16-42)45-19-5-13-39)31-21-28(23-33(8-14-40)43-17-3-11-37)20-29(22-31)24-34(9-15-41)44-18-4-12-38/h6-7,20-22,25,27,33-35,43-45H,3-5,8-19,23-24,26,37-42H2,1-2H3. The minimum atomic E-state index is 0.0789. The molecule has 262 valence electrons. The van der Waals surface area contributed by atoms with Crippen LogP contribution in [0.1, 0.15) is 69.1 Å². The van der Waals surface area contributed by atoms with Crippen molar-refractivity contribution in [3.8, 4) is 16.9 Å². The van der Waals surface area contributed by atoms with Gasteiger partial charge < -0.3 is 55.1 Å². The van der Waals surface area contributed by atoms with Gasteiger partial charge in [-0.2, -0.15) is 0 Å². The first-order valence-corrected chi connectivity index (χ1v) is 17.7. The molecular formula is C36H67N9O. The number of benzene rings is 2. The lowest BCUT2D eigenvalue weighted by Crippen LogP contribution is -2.35. The minimum Gasteiger partial charge on any atom is -0.491 e. The lowest BCUT2D eigenvalue weighted by atomic mass is 9.91. The Labute approximate surface area is 279 Å². The van der Waals surface area contributed by atoms with E-state index in [4.69, 9.17) is 39.1 Å². The predicted octanol–water partition coefficient (Wildman–Crippen LogP) is 1.74. The molecule has 15 N–H and O–H groups in total. The molecule has 0 saturated heterocycles. The number of ether oxygens (including phenoxy) is 1. The van der Waals surface area contributed by atoms with Gasteiger partial charge in [-0.3, -0.25) is 0 Å². The molecule has 3 atom stereocenters. The van der Waals surface area contributed by atoms with Gasteiger partial charge in [0.1, 0.15) is 5.75 Å². The third-order valence-electron chi connectivity index (χ3n) is 8.23. The Kier molecular flexibility index (Phi) is 21.0. The number of hydrogen-bond donors (Lipinski definition) is 9.